The molecule has 8 heteroatoms. The first kappa shape index (κ1) is 12.2. The summed E-state index contributed by atoms with van der Waals surface area (Å²) in [6.07, 6.45) is 1.47. The largest absolute Gasteiger partial charge is 0.497 e. The van der Waals surface area contributed by atoms with Gasteiger partial charge < -0.3 is 9.47 Å². The van der Waals surface area contributed by atoms with Crippen molar-refractivity contribution in [3.05, 3.63) is 35.0 Å². The van der Waals surface area contributed by atoms with Gasteiger partial charge in [-0.05, 0) is 12.1 Å². The van der Waals surface area contributed by atoms with Crippen molar-refractivity contribution in [1.82, 2.24) is 24.7 Å². The van der Waals surface area contributed by atoms with Crippen molar-refractivity contribution in [2.45, 2.75) is 0 Å². The molecule has 1 N–H and O–H groups in total. The van der Waals surface area contributed by atoms with Gasteiger partial charge in [-0.1, -0.05) is 0 Å². The maximum Gasteiger partial charge on any atom is 0.348 e. The fourth-order valence-corrected chi connectivity index (χ4v) is 1.83. The van der Waals surface area contributed by atoms with Gasteiger partial charge in [-0.2, -0.15) is 4.98 Å². The maximum absolute atomic E-state index is 11.1. The molecule has 2 heterocycles. The summed E-state index contributed by atoms with van der Waals surface area (Å²) in [5.41, 5.74) is 0.198. The smallest absolute Gasteiger partial charge is 0.348 e. The summed E-state index contributed by atoms with van der Waals surface area (Å²) in [6.45, 7) is 0. The summed E-state index contributed by atoms with van der Waals surface area (Å²) in [6, 6.07) is 5.30. The van der Waals surface area contributed by atoms with Crippen LogP contribution in [0.3, 0.4) is 0 Å². The molecule has 0 unspecified atom stereocenters. The zero-order chi connectivity index (χ0) is 14.1. The van der Waals surface area contributed by atoms with Crippen LogP contribution in [0.1, 0.15) is 0 Å². The van der Waals surface area contributed by atoms with E-state index in [9.17, 15) is 4.79 Å². The van der Waals surface area contributed by atoms with E-state index in [1.807, 2.05) is 0 Å². The van der Waals surface area contributed by atoms with Gasteiger partial charge in [-0.3, -0.25) is 4.98 Å². The Kier molecular flexibility index (Phi) is 2.82. The number of nitrogens with one attached hydrogen (secondary N) is 1. The van der Waals surface area contributed by atoms with Crippen LogP contribution < -0.4 is 15.2 Å². The van der Waals surface area contributed by atoms with Crippen LogP contribution in [0.2, 0.25) is 0 Å². The second kappa shape index (κ2) is 4.65. The number of fused-ring (bicyclic) bond motifs is 1. The summed E-state index contributed by atoms with van der Waals surface area (Å²) in [7, 11) is 3.13. The molecule has 102 valence electrons. The average Bonchev–Trinajstić information content (AvgIpc) is 2.85. The number of hydrogen-bond donors (Lipinski definition) is 1. The van der Waals surface area contributed by atoms with Gasteiger partial charge in [0.1, 0.15) is 23.5 Å². The third kappa shape index (κ3) is 1.96. The Labute approximate surface area is 113 Å². The summed E-state index contributed by atoms with van der Waals surface area (Å²) in [5.74, 6) is 1.84. The van der Waals surface area contributed by atoms with Crippen molar-refractivity contribution in [3.8, 4) is 28.8 Å². The zero-order valence-corrected chi connectivity index (χ0v) is 10.8. The van der Waals surface area contributed by atoms with E-state index in [2.05, 4.69) is 20.1 Å². The summed E-state index contributed by atoms with van der Waals surface area (Å²) < 4.78 is 11.9. The fraction of sp³-hybridized carbons (Fsp3) is 0.167. The number of aromatic amines is 1. The molecule has 3 rings (SSSR count). The quantitative estimate of drug-likeness (QED) is 0.745. The van der Waals surface area contributed by atoms with Gasteiger partial charge in [-0.15, -0.1) is 5.10 Å². The van der Waals surface area contributed by atoms with E-state index in [1.165, 1.54) is 11.0 Å². The van der Waals surface area contributed by atoms with E-state index < -0.39 is 5.69 Å². The Bertz CT molecular complexity index is 779. The molecular formula is C12H11N5O3. The molecule has 2 aliphatic rings. The highest BCUT2D eigenvalue weighted by atomic mass is 16.5. The van der Waals surface area contributed by atoms with Crippen LogP contribution >= 0.6 is 0 Å². The molecule has 0 aromatic heterocycles. The summed E-state index contributed by atoms with van der Waals surface area (Å²) in [4.78, 5) is 21.4. The maximum atomic E-state index is 11.1. The van der Waals surface area contributed by atoms with Crippen LogP contribution in [0.4, 0.5) is 0 Å². The average molecular weight is 273 g/mol. The van der Waals surface area contributed by atoms with E-state index in [0.29, 0.717) is 23.0 Å². The van der Waals surface area contributed by atoms with Crippen molar-refractivity contribution in [2.75, 3.05) is 14.2 Å². The predicted molar refractivity (Wildman–Crippen MR) is 69.5 cm³/mol. The van der Waals surface area contributed by atoms with Crippen LogP contribution in [0.25, 0.3) is 17.3 Å². The molecule has 8 nitrogen and oxygen atoms in total. The Morgan fingerprint density at radius 2 is 2.10 bits per heavy atom. The number of benzene rings is 1. The van der Waals surface area contributed by atoms with E-state index in [4.69, 9.17) is 9.47 Å². The fourth-order valence-electron chi connectivity index (χ4n) is 1.83. The first-order valence-electron chi connectivity index (χ1n) is 5.75. The van der Waals surface area contributed by atoms with Gasteiger partial charge in [0.15, 0.2) is 0 Å². The van der Waals surface area contributed by atoms with Crippen LogP contribution in [-0.4, -0.2) is 39.0 Å². The van der Waals surface area contributed by atoms with E-state index in [1.54, 1.807) is 32.4 Å². The van der Waals surface area contributed by atoms with E-state index in [-0.39, 0.29) is 5.82 Å². The monoisotopic (exact) mass is 273 g/mol. The molecule has 0 atom stereocenters. The molecule has 0 amide bonds. The van der Waals surface area contributed by atoms with Gasteiger partial charge in [0.2, 0.25) is 11.6 Å². The van der Waals surface area contributed by atoms with Crippen LogP contribution in [0, 0.1) is 0 Å². The standard InChI is InChI=1S/C12H11N5O3/c1-19-7-3-4-8(9(5-7)20-2)17-6-13-10-11(16-17)15-12(18)14-10/h3-6H,1-2H3,(H,15,16,18). The number of methoxy groups -OCH3 is 2. The van der Waals surface area contributed by atoms with Crippen molar-refractivity contribution < 1.29 is 9.47 Å². The Morgan fingerprint density at radius 3 is 2.85 bits per heavy atom. The predicted octanol–water partition coefficient (Wildman–Crippen LogP) is 0.473. The number of hydrogen-bond acceptors (Lipinski definition) is 6. The number of H-pyrrole nitrogens is 1. The number of nitrogens with zero attached hydrogens (tertiary/aromatic N) is 4. The molecule has 0 fully saturated rings. The highest BCUT2D eigenvalue weighted by molar-refractivity contribution is 5.51. The van der Waals surface area contributed by atoms with Gasteiger partial charge in [0.05, 0.1) is 14.2 Å². The first-order valence-corrected chi connectivity index (χ1v) is 5.75. The molecule has 0 bridgehead atoms. The molecule has 0 aliphatic carbocycles. The number of aromatic nitrogens is 5. The molecule has 0 saturated heterocycles. The van der Waals surface area contributed by atoms with Crippen molar-refractivity contribution in [3.63, 3.8) is 0 Å². The lowest BCUT2D eigenvalue weighted by Gasteiger charge is -2.11. The van der Waals surface area contributed by atoms with Gasteiger partial charge in [0.25, 0.3) is 0 Å². The Balaban J connectivity index is 2.15. The second-order valence-electron chi connectivity index (χ2n) is 3.94. The van der Waals surface area contributed by atoms with Gasteiger partial charge >= 0.3 is 5.69 Å². The van der Waals surface area contributed by atoms with E-state index in [0.717, 1.165) is 0 Å². The van der Waals surface area contributed by atoms with Gasteiger partial charge in [0, 0.05) is 6.07 Å². The number of rotatable bonds is 3. The molecule has 0 spiro atoms. The normalized spacial score (nSPS) is 10.7. The molecule has 1 aromatic rings. The van der Waals surface area contributed by atoms with Gasteiger partial charge in [-0.25, -0.2) is 14.5 Å². The first-order chi connectivity index (χ1) is 9.71. The van der Waals surface area contributed by atoms with Crippen LogP contribution in [0.5, 0.6) is 11.5 Å². The minimum atomic E-state index is -0.473. The zero-order valence-electron chi connectivity index (χ0n) is 10.8. The lowest BCUT2D eigenvalue weighted by molar-refractivity contribution is 0.392. The summed E-state index contributed by atoms with van der Waals surface area (Å²) in [5, 5.41) is 4.25. The lowest BCUT2D eigenvalue weighted by Crippen LogP contribution is -2.06. The van der Waals surface area contributed by atoms with Crippen molar-refractivity contribution in [2.24, 2.45) is 0 Å². The molecule has 2 aliphatic heterocycles. The Morgan fingerprint density at radius 1 is 1.25 bits per heavy atom. The third-order valence-corrected chi connectivity index (χ3v) is 2.78. The lowest BCUT2D eigenvalue weighted by atomic mass is 10.2. The molecule has 1 aromatic carbocycles. The molecule has 0 saturated carbocycles. The van der Waals surface area contributed by atoms with Crippen LogP contribution in [0.15, 0.2) is 29.3 Å². The van der Waals surface area contributed by atoms with Crippen LogP contribution in [-0.2, 0) is 0 Å². The number of ether oxygens (including phenoxy) is 2. The third-order valence-electron chi connectivity index (χ3n) is 2.78. The number of imidazole rings is 1. The topological polar surface area (TPSA) is 94.9 Å². The molecular weight excluding hydrogens is 262 g/mol. The Hall–Kier alpha value is -2.90. The highest BCUT2D eigenvalue weighted by Crippen LogP contribution is 2.27. The highest BCUT2D eigenvalue weighted by Gasteiger charge is 2.14. The second-order valence-corrected chi connectivity index (χ2v) is 3.94. The SMILES string of the molecule is COc1ccc(-n2cnc3nc(=O)[nH]c-3n2)c(OC)c1. The molecule has 20 heavy (non-hydrogen) atoms. The molecule has 0 radical (unpaired) electrons. The minimum Gasteiger partial charge on any atom is -0.497 e. The minimum absolute atomic E-state index is 0.277. The summed E-state index contributed by atoms with van der Waals surface area (Å²) >= 11 is 0. The van der Waals surface area contributed by atoms with E-state index >= 15 is 0 Å². The van der Waals surface area contributed by atoms with Crippen molar-refractivity contribution in [1.29, 1.82) is 0 Å². The van der Waals surface area contributed by atoms with Crippen molar-refractivity contribution >= 4 is 0 Å².